The molecule has 0 aliphatic carbocycles. The summed E-state index contributed by atoms with van der Waals surface area (Å²) in [5.74, 6) is 5.50. The summed E-state index contributed by atoms with van der Waals surface area (Å²) in [6.07, 6.45) is -10.1. The second-order valence-corrected chi connectivity index (χ2v) is 9.18. The maximum Gasteiger partial charge on any atom is 0.416 e. The maximum absolute atomic E-state index is 13.6. The average molecular weight is 586 g/mol. The van der Waals surface area contributed by atoms with Crippen molar-refractivity contribution in [3.05, 3.63) is 111 Å². The molecule has 6 nitrogen and oxygen atoms in total. The third-order valence-electron chi connectivity index (χ3n) is 5.83. The van der Waals surface area contributed by atoms with E-state index in [1.807, 2.05) is 0 Å². The lowest BCUT2D eigenvalue weighted by molar-refractivity contribution is -0.143. The van der Waals surface area contributed by atoms with Gasteiger partial charge in [0.2, 0.25) is 0 Å². The highest BCUT2D eigenvalue weighted by Crippen LogP contribution is 2.37. The number of hydrogen-bond donors (Lipinski definition) is 3. The first-order valence-corrected chi connectivity index (χ1v) is 12.2. The first-order valence-electron chi connectivity index (χ1n) is 11.8. The number of rotatable bonds is 9. The Hall–Kier alpha value is -3.74. The van der Waals surface area contributed by atoms with Crippen LogP contribution in [0.5, 0.6) is 0 Å². The lowest BCUT2D eigenvalue weighted by Gasteiger charge is -2.28. The van der Waals surface area contributed by atoms with E-state index in [2.05, 4.69) is 0 Å². The quantitative estimate of drug-likeness (QED) is 0.136. The summed E-state index contributed by atoms with van der Waals surface area (Å²) < 4.78 is 80.3. The third-order valence-corrected chi connectivity index (χ3v) is 6.19. The van der Waals surface area contributed by atoms with E-state index in [9.17, 15) is 31.1 Å². The molecule has 0 atom stereocenters. The van der Waals surface area contributed by atoms with Gasteiger partial charge in [0, 0.05) is 30.2 Å². The molecule has 0 heterocycles. The van der Waals surface area contributed by atoms with Gasteiger partial charge in [0.05, 0.1) is 23.4 Å². The molecule has 0 aromatic heterocycles. The van der Waals surface area contributed by atoms with E-state index in [4.69, 9.17) is 28.9 Å². The van der Waals surface area contributed by atoms with Gasteiger partial charge in [-0.25, -0.2) is 5.84 Å². The number of carbonyl (C=O) groups is 1. The van der Waals surface area contributed by atoms with Crippen LogP contribution in [0.2, 0.25) is 5.02 Å². The van der Waals surface area contributed by atoms with Crippen LogP contribution in [0.4, 0.5) is 26.3 Å². The van der Waals surface area contributed by atoms with Gasteiger partial charge in [-0.2, -0.15) is 26.3 Å². The van der Waals surface area contributed by atoms with Gasteiger partial charge in [0.25, 0.3) is 5.91 Å². The first-order chi connectivity index (χ1) is 18.7. The van der Waals surface area contributed by atoms with Crippen molar-refractivity contribution < 1.29 is 31.1 Å². The molecule has 0 saturated carbocycles. The van der Waals surface area contributed by atoms with Crippen molar-refractivity contribution in [3.63, 3.8) is 0 Å². The summed E-state index contributed by atoms with van der Waals surface area (Å²) in [4.78, 5) is 14.9. The number of benzene rings is 3. The molecular formula is C27H26ClF6N5O. The fourth-order valence-electron chi connectivity index (χ4n) is 3.97. The normalized spacial score (nSPS) is 12.6. The number of amides is 1. The highest BCUT2D eigenvalue weighted by atomic mass is 35.5. The smallest absolute Gasteiger partial charge is 0.393 e. The zero-order chi connectivity index (χ0) is 29.7. The number of nitrogens with zero attached hydrogens (tertiary/aromatic N) is 2. The largest absolute Gasteiger partial charge is 0.416 e. The van der Waals surface area contributed by atoms with Gasteiger partial charge in [-0.3, -0.25) is 4.79 Å². The molecule has 0 aliphatic heterocycles. The number of alkyl halides is 6. The molecule has 0 spiro atoms. The molecule has 3 aromatic rings. The maximum atomic E-state index is 13.6. The van der Waals surface area contributed by atoms with Crippen LogP contribution in [-0.4, -0.2) is 28.9 Å². The average Bonchev–Trinajstić information content (AvgIpc) is 2.88. The van der Waals surface area contributed by atoms with E-state index in [0.717, 1.165) is 5.01 Å². The minimum atomic E-state index is -5.04. The van der Waals surface area contributed by atoms with Crippen LogP contribution in [-0.2, 0) is 30.2 Å². The fraction of sp³-hybridized carbons (Fsp3) is 0.222. The Labute approximate surface area is 231 Å². The standard InChI is InChI=1S/C27H26ClF6N5O/c28-22-9-5-4-8-19(22)16-38(11-10-35)25(40)23(36)24(18-6-2-1-3-7-18)39(37)15-17-12-20(26(29,30)31)14-21(13-17)27(32,33)34/h1-9,12-14H,10-11,15-16,35-37H2/b24-23-. The van der Waals surface area contributed by atoms with Crippen LogP contribution in [0.15, 0.2) is 78.5 Å². The van der Waals surface area contributed by atoms with E-state index in [0.29, 0.717) is 28.3 Å². The highest BCUT2D eigenvalue weighted by Gasteiger charge is 2.37. The van der Waals surface area contributed by atoms with Gasteiger partial charge in [-0.05, 0) is 35.4 Å². The molecule has 13 heteroatoms. The molecule has 3 aromatic carbocycles. The van der Waals surface area contributed by atoms with Gasteiger partial charge < -0.3 is 21.4 Å². The second-order valence-electron chi connectivity index (χ2n) is 8.78. The Morgan fingerprint density at radius 1 is 0.825 bits per heavy atom. The molecular weight excluding hydrogens is 560 g/mol. The summed E-state index contributed by atoms with van der Waals surface area (Å²) >= 11 is 6.24. The summed E-state index contributed by atoms with van der Waals surface area (Å²) in [6, 6.07) is 15.9. The second kappa shape index (κ2) is 12.6. The number of halogens is 7. The lowest BCUT2D eigenvalue weighted by atomic mass is 10.0. The highest BCUT2D eigenvalue weighted by molar-refractivity contribution is 6.31. The van der Waals surface area contributed by atoms with Gasteiger partial charge in [0.15, 0.2) is 0 Å². The van der Waals surface area contributed by atoms with Crippen molar-refractivity contribution in [2.75, 3.05) is 13.1 Å². The van der Waals surface area contributed by atoms with Crippen LogP contribution in [0.25, 0.3) is 5.70 Å². The molecule has 1 amide bonds. The molecule has 40 heavy (non-hydrogen) atoms. The van der Waals surface area contributed by atoms with E-state index in [1.54, 1.807) is 54.6 Å². The Balaban J connectivity index is 2.07. The molecule has 0 fully saturated rings. The molecule has 0 bridgehead atoms. The predicted octanol–water partition coefficient (Wildman–Crippen LogP) is 5.37. The molecule has 214 valence electrons. The van der Waals surface area contributed by atoms with Gasteiger partial charge >= 0.3 is 12.4 Å². The van der Waals surface area contributed by atoms with E-state index in [-0.39, 0.29) is 31.4 Å². The van der Waals surface area contributed by atoms with Crippen LogP contribution in [0.3, 0.4) is 0 Å². The van der Waals surface area contributed by atoms with E-state index < -0.39 is 47.2 Å². The lowest BCUT2D eigenvalue weighted by Crippen LogP contribution is -2.40. The zero-order valence-electron chi connectivity index (χ0n) is 20.9. The summed E-state index contributed by atoms with van der Waals surface area (Å²) in [5.41, 5.74) is 9.05. The molecule has 0 aliphatic rings. The number of nitrogens with two attached hydrogens (primary N) is 3. The third kappa shape index (κ3) is 7.68. The Bertz CT molecular complexity index is 1330. The van der Waals surface area contributed by atoms with Crippen molar-refractivity contribution in [1.82, 2.24) is 9.91 Å². The van der Waals surface area contributed by atoms with Gasteiger partial charge in [-0.1, -0.05) is 60.1 Å². The predicted molar refractivity (Wildman–Crippen MR) is 140 cm³/mol. The van der Waals surface area contributed by atoms with Crippen molar-refractivity contribution in [2.45, 2.75) is 25.4 Å². The Morgan fingerprint density at radius 3 is 1.90 bits per heavy atom. The van der Waals surface area contributed by atoms with Crippen LogP contribution in [0.1, 0.15) is 27.8 Å². The SMILES string of the molecule is NCCN(Cc1ccccc1Cl)C(=O)/C(N)=C(\c1ccccc1)N(N)Cc1cc(C(F)(F)F)cc(C(F)(F)F)c1. The molecule has 6 N–H and O–H groups in total. The molecule has 0 saturated heterocycles. The topological polar surface area (TPSA) is 102 Å². The minimum Gasteiger partial charge on any atom is -0.393 e. The first kappa shape index (κ1) is 30.8. The van der Waals surface area contributed by atoms with E-state index >= 15 is 0 Å². The van der Waals surface area contributed by atoms with Crippen molar-refractivity contribution in [3.8, 4) is 0 Å². The van der Waals surface area contributed by atoms with Gasteiger partial charge in [0.1, 0.15) is 5.70 Å². The van der Waals surface area contributed by atoms with Crippen molar-refractivity contribution in [2.24, 2.45) is 17.3 Å². The Morgan fingerprint density at radius 2 is 1.38 bits per heavy atom. The van der Waals surface area contributed by atoms with Crippen LogP contribution < -0.4 is 17.3 Å². The molecule has 0 radical (unpaired) electrons. The number of carbonyl (C=O) groups excluding carboxylic acids is 1. The van der Waals surface area contributed by atoms with Crippen molar-refractivity contribution in [1.29, 1.82) is 0 Å². The van der Waals surface area contributed by atoms with Crippen LogP contribution in [0, 0.1) is 0 Å². The number of hydrogen-bond acceptors (Lipinski definition) is 5. The van der Waals surface area contributed by atoms with Gasteiger partial charge in [-0.15, -0.1) is 0 Å². The van der Waals surface area contributed by atoms with Crippen molar-refractivity contribution >= 4 is 23.2 Å². The van der Waals surface area contributed by atoms with E-state index in [1.165, 1.54) is 4.90 Å². The minimum absolute atomic E-state index is 0.0234. The Kier molecular flexibility index (Phi) is 9.72. The zero-order valence-corrected chi connectivity index (χ0v) is 21.7. The monoisotopic (exact) mass is 585 g/mol. The summed E-state index contributed by atoms with van der Waals surface area (Å²) in [7, 11) is 0. The van der Waals surface area contributed by atoms with Crippen LogP contribution >= 0.6 is 11.6 Å². The molecule has 3 rings (SSSR count). The number of hydrazine groups is 1. The fourth-order valence-corrected chi connectivity index (χ4v) is 4.17. The summed E-state index contributed by atoms with van der Waals surface area (Å²) in [5, 5.41) is 1.24. The summed E-state index contributed by atoms with van der Waals surface area (Å²) in [6.45, 7) is -0.459. The molecule has 0 unspecified atom stereocenters.